The number of fused-ring (bicyclic) bond motifs is 1. The summed E-state index contributed by atoms with van der Waals surface area (Å²) in [6.07, 6.45) is -2.10. The monoisotopic (exact) mass is 336 g/mol. The van der Waals surface area contributed by atoms with Gasteiger partial charge in [0.25, 0.3) is 0 Å². The van der Waals surface area contributed by atoms with Gasteiger partial charge in [0.1, 0.15) is 10.7 Å². The van der Waals surface area contributed by atoms with Crippen LogP contribution >= 0.6 is 0 Å². The fourth-order valence-corrected chi connectivity index (χ4v) is 3.60. The summed E-state index contributed by atoms with van der Waals surface area (Å²) in [5.74, 6) is -1.15. The molecule has 2 aromatic rings. The minimum atomic E-state index is -4.62. The molecule has 12 heteroatoms. The Morgan fingerprint density at radius 3 is 2.55 bits per heavy atom. The molecule has 0 saturated heterocycles. The molecule has 2 aromatic heterocycles. The number of hydrogen-bond donors (Lipinski definition) is 0. The van der Waals surface area contributed by atoms with Crippen molar-refractivity contribution < 1.29 is 21.6 Å². The van der Waals surface area contributed by atoms with Crippen molar-refractivity contribution in [1.82, 2.24) is 28.9 Å². The van der Waals surface area contributed by atoms with Crippen LogP contribution in [0.15, 0.2) is 17.3 Å². The summed E-state index contributed by atoms with van der Waals surface area (Å²) in [7, 11) is -2.25. The normalized spacial score (nSPS) is 16.7. The van der Waals surface area contributed by atoms with Crippen LogP contribution in [0.3, 0.4) is 0 Å². The van der Waals surface area contributed by atoms with Crippen LogP contribution in [0.5, 0.6) is 0 Å². The fourth-order valence-electron chi connectivity index (χ4n) is 2.23. The van der Waals surface area contributed by atoms with Gasteiger partial charge in [0.15, 0.2) is 0 Å². The second-order valence-electron chi connectivity index (χ2n) is 4.78. The number of aryl methyl sites for hydroxylation is 1. The Kier molecular flexibility index (Phi) is 3.25. The third kappa shape index (κ3) is 2.37. The van der Waals surface area contributed by atoms with Crippen molar-refractivity contribution in [3.05, 3.63) is 24.0 Å². The smallest absolute Gasteiger partial charge is 0.305 e. The van der Waals surface area contributed by atoms with Crippen LogP contribution in [0.1, 0.15) is 11.6 Å². The molecule has 0 unspecified atom stereocenters. The van der Waals surface area contributed by atoms with Crippen molar-refractivity contribution in [3.8, 4) is 0 Å². The first kappa shape index (κ1) is 15.0. The topological polar surface area (TPSA) is 85.9 Å². The summed E-state index contributed by atoms with van der Waals surface area (Å²) in [5, 5.41) is 10.4. The first-order chi connectivity index (χ1) is 10.2. The Morgan fingerprint density at radius 2 is 1.95 bits per heavy atom. The SMILES string of the molecule is Cn1cc(S(=O)(=O)N2CCn3c(nnc3C(F)(F)F)C2)cn1. The number of aromatic nitrogens is 5. The number of alkyl halides is 3. The third-order valence-corrected chi connectivity index (χ3v) is 5.09. The van der Waals surface area contributed by atoms with Crippen LogP contribution in [0.25, 0.3) is 0 Å². The van der Waals surface area contributed by atoms with Gasteiger partial charge in [-0.3, -0.25) is 4.68 Å². The highest BCUT2D eigenvalue weighted by molar-refractivity contribution is 7.89. The van der Waals surface area contributed by atoms with Gasteiger partial charge in [0, 0.05) is 26.3 Å². The average Bonchev–Trinajstić information content (AvgIpc) is 3.03. The number of halogens is 3. The zero-order valence-corrected chi connectivity index (χ0v) is 12.1. The summed E-state index contributed by atoms with van der Waals surface area (Å²) in [6.45, 7) is -0.512. The van der Waals surface area contributed by atoms with Crippen molar-refractivity contribution in [1.29, 1.82) is 0 Å². The largest absolute Gasteiger partial charge is 0.451 e. The third-order valence-electron chi connectivity index (χ3n) is 3.29. The van der Waals surface area contributed by atoms with E-state index in [2.05, 4.69) is 15.3 Å². The lowest BCUT2D eigenvalue weighted by atomic mass is 10.4. The first-order valence-electron chi connectivity index (χ1n) is 6.17. The average molecular weight is 336 g/mol. The van der Waals surface area contributed by atoms with E-state index in [1.165, 1.54) is 17.1 Å². The highest BCUT2D eigenvalue weighted by atomic mass is 32.2. The minimum Gasteiger partial charge on any atom is -0.305 e. The fraction of sp³-hybridized carbons (Fsp3) is 0.500. The molecule has 0 aromatic carbocycles. The molecule has 22 heavy (non-hydrogen) atoms. The van der Waals surface area contributed by atoms with E-state index in [4.69, 9.17) is 0 Å². The van der Waals surface area contributed by atoms with Gasteiger partial charge in [-0.2, -0.15) is 22.6 Å². The van der Waals surface area contributed by atoms with E-state index in [1.807, 2.05) is 0 Å². The van der Waals surface area contributed by atoms with Gasteiger partial charge in [0.05, 0.1) is 12.7 Å². The molecule has 0 aliphatic carbocycles. The van der Waals surface area contributed by atoms with E-state index in [1.54, 1.807) is 7.05 Å². The molecule has 120 valence electrons. The van der Waals surface area contributed by atoms with Gasteiger partial charge in [-0.15, -0.1) is 10.2 Å². The molecule has 0 saturated carbocycles. The molecule has 0 bridgehead atoms. The second-order valence-corrected chi connectivity index (χ2v) is 6.72. The molecule has 3 rings (SSSR count). The highest BCUT2D eigenvalue weighted by Crippen LogP contribution is 2.30. The van der Waals surface area contributed by atoms with Gasteiger partial charge in [0.2, 0.25) is 15.8 Å². The van der Waals surface area contributed by atoms with Crippen LogP contribution in [-0.4, -0.2) is 43.8 Å². The molecule has 1 aliphatic rings. The van der Waals surface area contributed by atoms with E-state index in [0.29, 0.717) is 0 Å². The maximum absolute atomic E-state index is 12.7. The Morgan fingerprint density at radius 1 is 1.23 bits per heavy atom. The maximum atomic E-state index is 12.7. The van der Waals surface area contributed by atoms with Gasteiger partial charge >= 0.3 is 6.18 Å². The van der Waals surface area contributed by atoms with E-state index in [9.17, 15) is 21.6 Å². The lowest BCUT2D eigenvalue weighted by Crippen LogP contribution is -2.39. The molecular weight excluding hydrogens is 325 g/mol. The van der Waals surface area contributed by atoms with Crippen molar-refractivity contribution >= 4 is 10.0 Å². The Labute approximate surface area is 123 Å². The van der Waals surface area contributed by atoms with Crippen LogP contribution in [0, 0.1) is 0 Å². The molecule has 0 N–H and O–H groups in total. The molecule has 3 heterocycles. The molecule has 8 nitrogen and oxygen atoms in total. The lowest BCUT2D eigenvalue weighted by Gasteiger charge is -2.26. The minimum absolute atomic E-state index is 0.0148. The van der Waals surface area contributed by atoms with Crippen LogP contribution in [-0.2, 0) is 36.3 Å². The molecule has 0 fully saturated rings. The highest BCUT2D eigenvalue weighted by Gasteiger charge is 2.41. The quantitative estimate of drug-likeness (QED) is 0.784. The first-order valence-corrected chi connectivity index (χ1v) is 7.61. The zero-order valence-electron chi connectivity index (χ0n) is 11.3. The van der Waals surface area contributed by atoms with Crippen LogP contribution < -0.4 is 0 Å². The van der Waals surface area contributed by atoms with Crippen molar-refractivity contribution in [2.45, 2.75) is 24.2 Å². The molecule has 0 radical (unpaired) electrons. The van der Waals surface area contributed by atoms with Gasteiger partial charge in [-0.1, -0.05) is 0 Å². The Bertz CT molecular complexity index is 809. The van der Waals surface area contributed by atoms with Crippen molar-refractivity contribution in [2.75, 3.05) is 6.54 Å². The number of sulfonamides is 1. The zero-order chi connectivity index (χ0) is 16.1. The Hall–Kier alpha value is -1.95. The second kappa shape index (κ2) is 4.78. The summed E-state index contributed by atoms with van der Waals surface area (Å²) in [6, 6.07) is 0. The molecule has 0 amide bonds. The van der Waals surface area contributed by atoms with Gasteiger partial charge in [-0.25, -0.2) is 8.42 Å². The number of hydrogen-bond acceptors (Lipinski definition) is 5. The predicted molar refractivity (Wildman–Crippen MR) is 65.8 cm³/mol. The van der Waals surface area contributed by atoms with Crippen LogP contribution in [0.2, 0.25) is 0 Å². The standard InChI is InChI=1S/C10H11F3N6O2S/c1-17-5-7(4-14-17)22(20,21)18-2-3-19-8(6-18)15-16-9(19)10(11,12)13/h4-5H,2-3,6H2,1H3. The van der Waals surface area contributed by atoms with E-state index in [0.717, 1.165) is 8.87 Å². The summed E-state index contributed by atoms with van der Waals surface area (Å²) < 4.78 is 66.3. The number of rotatable bonds is 2. The van der Waals surface area contributed by atoms with Crippen LogP contribution in [0.4, 0.5) is 13.2 Å². The summed E-state index contributed by atoms with van der Waals surface area (Å²) in [5.41, 5.74) is 0. The van der Waals surface area contributed by atoms with E-state index < -0.39 is 22.0 Å². The van der Waals surface area contributed by atoms with Gasteiger partial charge in [-0.05, 0) is 0 Å². The van der Waals surface area contributed by atoms with E-state index >= 15 is 0 Å². The lowest BCUT2D eigenvalue weighted by molar-refractivity contribution is -0.147. The summed E-state index contributed by atoms with van der Waals surface area (Å²) in [4.78, 5) is -0.0148. The van der Waals surface area contributed by atoms with Crippen molar-refractivity contribution in [2.24, 2.45) is 7.05 Å². The maximum Gasteiger partial charge on any atom is 0.451 e. The molecular formula is C10H11F3N6O2S. The number of nitrogens with zero attached hydrogens (tertiary/aromatic N) is 6. The van der Waals surface area contributed by atoms with Crippen molar-refractivity contribution in [3.63, 3.8) is 0 Å². The molecule has 0 atom stereocenters. The Balaban J connectivity index is 1.91. The van der Waals surface area contributed by atoms with Gasteiger partial charge < -0.3 is 4.57 Å². The molecule has 0 spiro atoms. The summed E-state index contributed by atoms with van der Waals surface area (Å²) >= 11 is 0. The predicted octanol–water partition coefficient (Wildman–Crippen LogP) is 0.235. The van der Waals surface area contributed by atoms with E-state index in [-0.39, 0.29) is 30.4 Å². The molecule has 1 aliphatic heterocycles.